The molecule has 0 bridgehead atoms. The van der Waals surface area contributed by atoms with E-state index in [2.05, 4.69) is 26.1 Å². The average molecular weight is 294 g/mol. The fraction of sp³-hybridized carbons (Fsp3) is 0.667. The third-order valence-corrected chi connectivity index (χ3v) is 3.95. The topological polar surface area (TPSA) is 46.1 Å². The average Bonchev–Trinajstić information content (AvgIpc) is 2.50. The fourth-order valence-corrected chi connectivity index (χ4v) is 2.40. The molecule has 0 aliphatic carbocycles. The van der Waals surface area contributed by atoms with Crippen LogP contribution in [0.15, 0.2) is 24.3 Å². The Morgan fingerprint density at radius 2 is 1.86 bits per heavy atom. The Morgan fingerprint density at radius 3 is 2.48 bits per heavy atom. The number of aliphatic hydroxyl groups excluding tert-OH is 1. The van der Waals surface area contributed by atoms with Crippen LogP contribution in [-0.2, 0) is 0 Å². The van der Waals surface area contributed by atoms with E-state index in [1.807, 2.05) is 24.3 Å². The molecule has 0 spiro atoms. The highest BCUT2D eigenvalue weighted by molar-refractivity contribution is 5.26. The lowest BCUT2D eigenvalue weighted by atomic mass is 9.99. The monoisotopic (exact) mass is 294 g/mol. The number of aryl methyl sites for hydroxylation is 1. The van der Waals surface area contributed by atoms with Gasteiger partial charge >= 0.3 is 0 Å². The first-order valence-electron chi connectivity index (χ1n) is 8.34. The van der Waals surface area contributed by atoms with Crippen LogP contribution >= 0.6 is 0 Å². The van der Waals surface area contributed by atoms with Crippen LogP contribution < -0.4 is 10.1 Å². The minimum Gasteiger partial charge on any atom is -0.491 e. The van der Waals surface area contributed by atoms with Crippen molar-refractivity contribution in [3.8, 4) is 5.75 Å². The van der Waals surface area contributed by atoms with Gasteiger partial charge in [-0.2, -0.15) is 0 Å². The smallest absolute Gasteiger partial charge is 0.137 e. The molecule has 1 aromatic rings. The Kier molecular flexibility index (Phi) is 9.11. The summed E-state index contributed by atoms with van der Waals surface area (Å²) in [7, 11) is 0. The van der Waals surface area contributed by atoms with Gasteiger partial charge in [-0.05, 0) is 31.9 Å². The lowest BCUT2D eigenvalue weighted by molar-refractivity contribution is -0.666. The number of aliphatic hydroxyl groups is 1. The highest BCUT2D eigenvalue weighted by Crippen LogP contribution is 2.11. The van der Waals surface area contributed by atoms with Crippen LogP contribution in [0, 0.1) is 12.8 Å². The highest BCUT2D eigenvalue weighted by atomic mass is 16.5. The highest BCUT2D eigenvalue weighted by Gasteiger charge is 2.11. The van der Waals surface area contributed by atoms with Crippen LogP contribution in [0.5, 0.6) is 5.75 Å². The summed E-state index contributed by atoms with van der Waals surface area (Å²) in [6.07, 6.45) is 4.70. The van der Waals surface area contributed by atoms with E-state index < -0.39 is 6.10 Å². The number of hydrogen-bond acceptors (Lipinski definition) is 2. The maximum absolute atomic E-state index is 9.97. The molecule has 2 atom stereocenters. The SMILES string of the molecule is CCCC[C@H](CC)C[NH2+]C[C@@H](O)COc1ccc(C)cc1. The predicted octanol–water partition coefficient (Wildman–Crippen LogP) is 2.51. The number of benzene rings is 1. The molecular formula is C18H32NO2+. The number of hydrogen-bond donors (Lipinski definition) is 2. The zero-order valence-corrected chi connectivity index (χ0v) is 13.8. The quantitative estimate of drug-likeness (QED) is 0.659. The van der Waals surface area contributed by atoms with Gasteiger partial charge in [0.2, 0.25) is 0 Å². The summed E-state index contributed by atoms with van der Waals surface area (Å²) in [5.41, 5.74) is 1.22. The van der Waals surface area contributed by atoms with E-state index in [1.54, 1.807) is 0 Å². The lowest BCUT2D eigenvalue weighted by Crippen LogP contribution is -2.87. The summed E-state index contributed by atoms with van der Waals surface area (Å²) < 4.78 is 5.60. The van der Waals surface area contributed by atoms with Gasteiger partial charge in [0.05, 0.1) is 6.54 Å². The van der Waals surface area contributed by atoms with Gasteiger partial charge in [0.15, 0.2) is 0 Å². The van der Waals surface area contributed by atoms with Crippen molar-refractivity contribution in [1.29, 1.82) is 0 Å². The first-order chi connectivity index (χ1) is 10.2. The van der Waals surface area contributed by atoms with Crippen LogP contribution in [0.2, 0.25) is 0 Å². The summed E-state index contributed by atoms with van der Waals surface area (Å²) in [5, 5.41) is 12.2. The van der Waals surface area contributed by atoms with Gasteiger partial charge in [-0.3, -0.25) is 0 Å². The van der Waals surface area contributed by atoms with Crippen LogP contribution in [0.25, 0.3) is 0 Å². The van der Waals surface area contributed by atoms with Crippen molar-refractivity contribution in [2.75, 3.05) is 19.7 Å². The molecule has 120 valence electrons. The molecule has 1 rings (SSSR count). The van der Waals surface area contributed by atoms with Crippen molar-refractivity contribution in [2.24, 2.45) is 5.92 Å². The number of unbranched alkanes of at least 4 members (excludes halogenated alkanes) is 1. The Hall–Kier alpha value is -1.06. The summed E-state index contributed by atoms with van der Waals surface area (Å²) in [6, 6.07) is 7.94. The molecule has 0 aromatic heterocycles. The van der Waals surface area contributed by atoms with Crippen molar-refractivity contribution in [1.82, 2.24) is 0 Å². The van der Waals surface area contributed by atoms with Gasteiger partial charge in [0, 0.05) is 5.92 Å². The summed E-state index contributed by atoms with van der Waals surface area (Å²) in [5.74, 6) is 1.60. The molecule has 0 aliphatic rings. The molecule has 0 fully saturated rings. The van der Waals surface area contributed by atoms with Gasteiger partial charge in [-0.15, -0.1) is 0 Å². The van der Waals surface area contributed by atoms with E-state index in [0.717, 1.165) is 18.2 Å². The second-order valence-electron chi connectivity index (χ2n) is 5.95. The molecule has 0 saturated heterocycles. The summed E-state index contributed by atoms with van der Waals surface area (Å²) in [4.78, 5) is 0. The molecule has 0 heterocycles. The molecule has 3 heteroatoms. The first-order valence-corrected chi connectivity index (χ1v) is 8.34. The predicted molar refractivity (Wildman–Crippen MR) is 87.6 cm³/mol. The van der Waals surface area contributed by atoms with E-state index >= 15 is 0 Å². The third-order valence-electron chi connectivity index (χ3n) is 3.95. The Bertz CT molecular complexity index is 364. The second-order valence-corrected chi connectivity index (χ2v) is 5.95. The minimum atomic E-state index is -0.407. The van der Waals surface area contributed by atoms with Crippen LogP contribution in [-0.4, -0.2) is 30.9 Å². The Morgan fingerprint density at radius 1 is 1.14 bits per heavy atom. The molecule has 21 heavy (non-hydrogen) atoms. The van der Waals surface area contributed by atoms with E-state index in [-0.39, 0.29) is 0 Å². The minimum absolute atomic E-state index is 0.366. The van der Waals surface area contributed by atoms with Crippen molar-refractivity contribution >= 4 is 0 Å². The van der Waals surface area contributed by atoms with Gasteiger partial charge in [-0.1, -0.05) is 44.4 Å². The summed E-state index contributed by atoms with van der Waals surface area (Å²) >= 11 is 0. The van der Waals surface area contributed by atoms with Gasteiger partial charge in [-0.25, -0.2) is 0 Å². The summed E-state index contributed by atoms with van der Waals surface area (Å²) in [6.45, 7) is 8.74. The third kappa shape index (κ3) is 8.08. The maximum atomic E-state index is 9.97. The molecule has 3 N–H and O–H groups in total. The molecule has 1 aromatic carbocycles. The van der Waals surface area contributed by atoms with E-state index in [0.29, 0.717) is 13.2 Å². The molecule has 0 amide bonds. The normalized spacial score (nSPS) is 13.9. The molecular weight excluding hydrogens is 262 g/mol. The van der Waals surface area contributed by atoms with Crippen molar-refractivity contribution in [3.05, 3.63) is 29.8 Å². The van der Waals surface area contributed by atoms with Crippen molar-refractivity contribution in [3.63, 3.8) is 0 Å². The van der Waals surface area contributed by atoms with Crippen LogP contribution in [0.4, 0.5) is 0 Å². The molecule has 0 radical (unpaired) electrons. The van der Waals surface area contributed by atoms with E-state index in [9.17, 15) is 5.11 Å². The van der Waals surface area contributed by atoms with Crippen molar-refractivity contribution < 1.29 is 15.2 Å². The number of rotatable bonds is 11. The largest absolute Gasteiger partial charge is 0.491 e. The van der Waals surface area contributed by atoms with E-state index in [1.165, 1.54) is 31.2 Å². The van der Waals surface area contributed by atoms with E-state index in [4.69, 9.17) is 4.74 Å². The van der Waals surface area contributed by atoms with Crippen molar-refractivity contribution in [2.45, 2.75) is 52.6 Å². The van der Waals surface area contributed by atoms with Gasteiger partial charge < -0.3 is 15.2 Å². The van der Waals surface area contributed by atoms with Gasteiger partial charge in [0.25, 0.3) is 0 Å². The second kappa shape index (κ2) is 10.6. The molecule has 0 aliphatic heterocycles. The maximum Gasteiger partial charge on any atom is 0.137 e. The lowest BCUT2D eigenvalue weighted by Gasteiger charge is -2.15. The molecule has 3 nitrogen and oxygen atoms in total. The standard InChI is InChI=1S/C18H31NO2/c1-4-6-7-16(5-2)12-19-13-17(20)14-21-18-10-8-15(3)9-11-18/h8-11,16-17,19-20H,4-7,12-14H2,1-3H3/p+1/t16-,17+/m0/s1. The zero-order chi connectivity index (χ0) is 15.5. The zero-order valence-electron chi connectivity index (χ0n) is 13.8. The number of nitrogens with two attached hydrogens (primary N) is 1. The Labute approximate surface area is 129 Å². The van der Waals surface area contributed by atoms with Crippen LogP contribution in [0.3, 0.4) is 0 Å². The number of quaternary nitrogens is 1. The Balaban J connectivity index is 2.15. The fourth-order valence-electron chi connectivity index (χ4n) is 2.40. The number of ether oxygens (including phenoxy) is 1. The molecule has 0 unspecified atom stereocenters. The molecule has 0 saturated carbocycles. The van der Waals surface area contributed by atoms with Crippen LogP contribution in [0.1, 0.15) is 45.1 Å². The first kappa shape index (κ1) is 18.0. The van der Waals surface area contributed by atoms with Gasteiger partial charge in [0.1, 0.15) is 25.0 Å².